The molecule has 0 saturated heterocycles. The highest BCUT2D eigenvalue weighted by molar-refractivity contribution is 7.18. The Bertz CT molecular complexity index is 535. The van der Waals surface area contributed by atoms with Crippen LogP contribution in [0.25, 0.3) is 0 Å². The van der Waals surface area contributed by atoms with E-state index in [1.165, 1.54) is 23.1 Å². The Balaban J connectivity index is 1.96. The number of anilines is 1. The number of aromatic carboxylic acids is 1. The Hall–Kier alpha value is -2.29. The molecule has 0 aliphatic carbocycles. The van der Waals surface area contributed by atoms with Gasteiger partial charge in [-0.3, -0.25) is 4.79 Å². The fourth-order valence-corrected chi connectivity index (χ4v) is 1.86. The first-order valence-electron chi connectivity index (χ1n) is 4.49. The lowest BCUT2D eigenvalue weighted by molar-refractivity contribution is -0.116. The number of thiophene rings is 1. The number of hydrogen-bond acceptors (Lipinski definition) is 6. The van der Waals surface area contributed by atoms with Crippen molar-refractivity contribution in [2.75, 3.05) is 5.32 Å². The molecular formula is C8H7N5O3S. The number of nitrogens with one attached hydrogen (secondary N) is 1. The molecule has 8 nitrogen and oxygen atoms in total. The summed E-state index contributed by atoms with van der Waals surface area (Å²) in [5.74, 6) is -1.34. The first kappa shape index (κ1) is 11.2. The average molecular weight is 253 g/mol. The molecule has 0 saturated carbocycles. The Morgan fingerprint density at radius 2 is 2.29 bits per heavy atom. The minimum Gasteiger partial charge on any atom is -0.477 e. The van der Waals surface area contributed by atoms with Crippen molar-refractivity contribution in [1.29, 1.82) is 0 Å². The molecule has 0 aromatic carbocycles. The molecule has 2 rings (SSSR count). The minimum atomic E-state index is -1.02. The number of hydrogen-bond donors (Lipinski definition) is 2. The van der Waals surface area contributed by atoms with Crippen molar-refractivity contribution in [2.45, 2.75) is 6.54 Å². The van der Waals surface area contributed by atoms with Crippen LogP contribution in [-0.2, 0) is 11.3 Å². The van der Waals surface area contributed by atoms with E-state index in [2.05, 4.69) is 20.8 Å². The van der Waals surface area contributed by atoms with Gasteiger partial charge in [-0.05, 0) is 22.6 Å². The third kappa shape index (κ3) is 2.84. The molecule has 2 aromatic rings. The van der Waals surface area contributed by atoms with E-state index >= 15 is 0 Å². The molecule has 17 heavy (non-hydrogen) atoms. The van der Waals surface area contributed by atoms with Gasteiger partial charge in [0.05, 0.1) is 5.00 Å². The Morgan fingerprint density at radius 1 is 1.47 bits per heavy atom. The highest BCUT2D eigenvalue weighted by atomic mass is 32.1. The summed E-state index contributed by atoms with van der Waals surface area (Å²) in [4.78, 5) is 22.3. The van der Waals surface area contributed by atoms with E-state index < -0.39 is 5.97 Å². The van der Waals surface area contributed by atoms with Gasteiger partial charge in [0.25, 0.3) is 0 Å². The lowest BCUT2D eigenvalue weighted by Crippen LogP contribution is -2.18. The van der Waals surface area contributed by atoms with Crippen molar-refractivity contribution in [3.63, 3.8) is 0 Å². The molecule has 0 fully saturated rings. The van der Waals surface area contributed by atoms with Gasteiger partial charge < -0.3 is 10.4 Å². The van der Waals surface area contributed by atoms with Gasteiger partial charge in [-0.15, -0.1) is 16.4 Å². The zero-order valence-corrected chi connectivity index (χ0v) is 9.22. The van der Waals surface area contributed by atoms with Crippen LogP contribution in [0.5, 0.6) is 0 Å². The van der Waals surface area contributed by atoms with Crippen molar-refractivity contribution in [3.8, 4) is 0 Å². The lowest BCUT2D eigenvalue weighted by atomic mass is 10.4. The van der Waals surface area contributed by atoms with Crippen molar-refractivity contribution in [3.05, 3.63) is 23.3 Å². The Morgan fingerprint density at radius 3 is 2.88 bits per heavy atom. The van der Waals surface area contributed by atoms with Crippen LogP contribution in [0, 0.1) is 0 Å². The fraction of sp³-hybridized carbons (Fsp3) is 0.125. The third-order valence-electron chi connectivity index (χ3n) is 1.78. The summed E-state index contributed by atoms with van der Waals surface area (Å²) in [5, 5.41) is 22.0. The van der Waals surface area contributed by atoms with E-state index in [4.69, 9.17) is 5.11 Å². The number of carboxylic acids is 1. The standard InChI is InChI=1S/C8H7N5O3S/c14-6(3-13-4-9-11-12-13)10-7-2-1-5(17-7)8(15)16/h1-2,4H,3H2,(H,10,14)(H,15,16). The van der Waals surface area contributed by atoms with E-state index in [1.807, 2.05) is 0 Å². The number of aromatic nitrogens is 4. The monoisotopic (exact) mass is 253 g/mol. The second-order valence-corrected chi connectivity index (χ2v) is 4.11. The Labute approximate surface area is 98.9 Å². The van der Waals surface area contributed by atoms with Crippen molar-refractivity contribution < 1.29 is 14.7 Å². The second-order valence-electron chi connectivity index (χ2n) is 3.02. The molecule has 0 aliphatic rings. The van der Waals surface area contributed by atoms with Gasteiger partial charge >= 0.3 is 5.97 Å². The van der Waals surface area contributed by atoms with Gasteiger partial charge in [0.15, 0.2) is 0 Å². The van der Waals surface area contributed by atoms with Gasteiger partial charge in [0.1, 0.15) is 17.7 Å². The second kappa shape index (κ2) is 4.70. The van der Waals surface area contributed by atoms with Crippen LogP contribution in [-0.4, -0.2) is 37.2 Å². The number of carbonyl (C=O) groups excluding carboxylic acids is 1. The van der Waals surface area contributed by atoms with Gasteiger partial charge in [0.2, 0.25) is 5.91 Å². The number of tetrazole rings is 1. The molecule has 0 bridgehead atoms. The number of carbonyl (C=O) groups is 2. The summed E-state index contributed by atoms with van der Waals surface area (Å²) in [5.41, 5.74) is 0. The normalized spacial score (nSPS) is 10.1. The van der Waals surface area contributed by atoms with Crippen molar-refractivity contribution in [2.24, 2.45) is 0 Å². The molecule has 0 spiro atoms. The summed E-state index contributed by atoms with van der Waals surface area (Å²) >= 11 is 0.990. The molecular weight excluding hydrogens is 246 g/mol. The molecule has 9 heteroatoms. The number of amides is 1. The molecule has 2 heterocycles. The van der Waals surface area contributed by atoms with Gasteiger partial charge in [0, 0.05) is 0 Å². The largest absolute Gasteiger partial charge is 0.477 e. The lowest BCUT2D eigenvalue weighted by Gasteiger charge is -2.00. The van der Waals surface area contributed by atoms with E-state index in [1.54, 1.807) is 0 Å². The third-order valence-corrected chi connectivity index (χ3v) is 2.77. The summed E-state index contributed by atoms with van der Waals surface area (Å²) in [6.07, 6.45) is 1.32. The fourth-order valence-electron chi connectivity index (χ4n) is 1.10. The predicted molar refractivity (Wildman–Crippen MR) is 57.7 cm³/mol. The van der Waals surface area contributed by atoms with Crippen molar-refractivity contribution in [1.82, 2.24) is 20.2 Å². The number of rotatable bonds is 4. The molecule has 0 atom stereocenters. The van der Waals surface area contributed by atoms with Crippen LogP contribution < -0.4 is 5.32 Å². The topological polar surface area (TPSA) is 110 Å². The molecule has 2 N–H and O–H groups in total. The molecule has 0 aliphatic heterocycles. The van der Waals surface area contributed by atoms with Crippen LogP contribution in [0.4, 0.5) is 5.00 Å². The van der Waals surface area contributed by atoms with Crippen molar-refractivity contribution >= 4 is 28.2 Å². The van der Waals surface area contributed by atoms with Crippen LogP contribution >= 0.6 is 11.3 Å². The number of nitrogens with zero attached hydrogens (tertiary/aromatic N) is 4. The SMILES string of the molecule is O=C(Cn1cnnn1)Nc1ccc(C(=O)O)s1. The van der Waals surface area contributed by atoms with E-state index in [0.717, 1.165) is 11.3 Å². The van der Waals surface area contributed by atoms with E-state index in [9.17, 15) is 9.59 Å². The highest BCUT2D eigenvalue weighted by Crippen LogP contribution is 2.21. The quantitative estimate of drug-likeness (QED) is 0.797. The summed E-state index contributed by atoms with van der Waals surface area (Å²) in [7, 11) is 0. The number of carboxylic acid groups (broad SMARTS) is 1. The Kier molecular flexibility index (Phi) is 3.10. The molecule has 1 amide bonds. The molecule has 2 aromatic heterocycles. The van der Waals surface area contributed by atoms with Gasteiger partial charge in [-0.1, -0.05) is 0 Å². The maximum Gasteiger partial charge on any atom is 0.345 e. The average Bonchev–Trinajstić information content (AvgIpc) is 2.88. The molecule has 0 radical (unpaired) electrons. The maximum absolute atomic E-state index is 11.5. The summed E-state index contributed by atoms with van der Waals surface area (Å²) < 4.78 is 1.26. The first-order valence-corrected chi connectivity index (χ1v) is 5.30. The maximum atomic E-state index is 11.5. The molecule has 88 valence electrons. The summed E-state index contributed by atoms with van der Waals surface area (Å²) in [6.45, 7) is -0.0205. The van der Waals surface area contributed by atoms with Crippen LogP contribution in [0.2, 0.25) is 0 Å². The smallest absolute Gasteiger partial charge is 0.345 e. The predicted octanol–water partition coefficient (Wildman–Crippen LogP) is 0.0715. The zero-order chi connectivity index (χ0) is 12.3. The van der Waals surface area contributed by atoms with Crippen LogP contribution in [0.15, 0.2) is 18.5 Å². The van der Waals surface area contributed by atoms with E-state index in [-0.39, 0.29) is 17.3 Å². The van der Waals surface area contributed by atoms with Crippen LogP contribution in [0.1, 0.15) is 9.67 Å². The minimum absolute atomic E-state index is 0.0205. The molecule has 0 unspecified atom stereocenters. The zero-order valence-electron chi connectivity index (χ0n) is 8.40. The van der Waals surface area contributed by atoms with Gasteiger partial charge in [-0.25, -0.2) is 9.48 Å². The van der Waals surface area contributed by atoms with E-state index in [0.29, 0.717) is 5.00 Å². The van der Waals surface area contributed by atoms with Gasteiger partial charge in [-0.2, -0.15) is 0 Å². The summed E-state index contributed by atoms with van der Waals surface area (Å²) in [6, 6.07) is 2.96. The first-order chi connectivity index (χ1) is 8.15. The highest BCUT2D eigenvalue weighted by Gasteiger charge is 2.09. The van der Waals surface area contributed by atoms with Crippen LogP contribution in [0.3, 0.4) is 0 Å².